The zero-order valence-electron chi connectivity index (χ0n) is 8.74. The lowest BCUT2D eigenvalue weighted by Gasteiger charge is -2.07. The molecule has 0 saturated carbocycles. The first-order valence-electron chi connectivity index (χ1n) is 5.15. The molecule has 0 aromatic heterocycles. The van der Waals surface area contributed by atoms with Crippen LogP contribution in [0.4, 0.5) is 0 Å². The van der Waals surface area contributed by atoms with E-state index >= 15 is 0 Å². The average molecular weight is 190 g/mol. The highest BCUT2D eigenvalue weighted by Crippen LogP contribution is 2.09. The second kappa shape index (κ2) is 5.61. The lowest BCUT2D eigenvalue weighted by molar-refractivity contribution is 0.160. The molecule has 1 rings (SSSR count). The van der Waals surface area contributed by atoms with Crippen LogP contribution in [-0.2, 0) is 6.42 Å². The van der Waals surface area contributed by atoms with Crippen molar-refractivity contribution in [1.82, 2.24) is 0 Å². The van der Waals surface area contributed by atoms with Gasteiger partial charge >= 0.3 is 0 Å². The first kappa shape index (κ1) is 11.0. The maximum atomic E-state index is 9.40. The van der Waals surface area contributed by atoms with Crippen molar-refractivity contribution in [2.75, 3.05) is 0 Å². The highest BCUT2D eigenvalue weighted by Gasteiger charge is 2.00. The zero-order chi connectivity index (χ0) is 10.4. The molecule has 0 bridgehead atoms. The van der Waals surface area contributed by atoms with Crippen LogP contribution < -0.4 is 0 Å². The van der Waals surface area contributed by atoms with E-state index in [2.05, 4.69) is 30.8 Å². The van der Waals surface area contributed by atoms with E-state index in [0.717, 1.165) is 24.8 Å². The van der Waals surface area contributed by atoms with Gasteiger partial charge < -0.3 is 5.11 Å². The molecule has 1 heteroatoms. The summed E-state index contributed by atoms with van der Waals surface area (Å²) in [6.45, 7) is 5.71. The molecule has 0 heterocycles. The Balaban J connectivity index is 2.47. The third-order valence-electron chi connectivity index (χ3n) is 2.45. The summed E-state index contributed by atoms with van der Waals surface area (Å²) in [5, 5.41) is 9.40. The third kappa shape index (κ3) is 3.35. The van der Waals surface area contributed by atoms with E-state index in [1.807, 2.05) is 13.0 Å². The lowest BCUT2D eigenvalue weighted by atomic mass is 10.0. The maximum Gasteiger partial charge on any atom is 0.0540 e. The summed E-state index contributed by atoms with van der Waals surface area (Å²) in [5.74, 6) is 0. The maximum absolute atomic E-state index is 9.40. The average Bonchev–Trinajstić information content (AvgIpc) is 2.26. The quantitative estimate of drug-likeness (QED) is 0.756. The van der Waals surface area contributed by atoms with Crippen molar-refractivity contribution in [3.05, 3.63) is 42.0 Å². The van der Waals surface area contributed by atoms with Crippen LogP contribution >= 0.6 is 0 Å². The second-order valence-corrected chi connectivity index (χ2v) is 3.55. The second-order valence-electron chi connectivity index (χ2n) is 3.55. The zero-order valence-corrected chi connectivity index (χ0v) is 8.74. The molecule has 1 N–H and O–H groups in total. The van der Waals surface area contributed by atoms with Crippen molar-refractivity contribution < 1.29 is 5.11 Å². The van der Waals surface area contributed by atoms with Crippen molar-refractivity contribution in [3.8, 4) is 0 Å². The standard InChI is InChI=1S/C13H18O/c1-3-11-5-7-12(8-6-11)9-10-13(14)4-2/h3,5-8,13-14H,1,4,9-10H2,2H3. The molecule has 0 aliphatic carbocycles. The van der Waals surface area contributed by atoms with E-state index in [9.17, 15) is 5.11 Å². The lowest BCUT2D eigenvalue weighted by Crippen LogP contribution is -2.05. The summed E-state index contributed by atoms with van der Waals surface area (Å²) in [4.78, 5) is 0. The number of hydrogen-bond acceptors (Lipinski definition) is 1. The van der Waals surface area contributed by atoms with Crippen LogP contribution in [-0.4, -0.2) is 11.2 Å². The van der Waals surface area contributed by atoms with Gasteiger partial charge in [-0.15, -0.1) is 0 Å². The fraction of sp³-hybridized carbons (Fsp3) is 0.385. The Bertz CT molecular complexity index is 274. The normalized spacial score (nSPS) is 12.4. The molecular weight excluding hydrogens is 172 g/mol. The van der Waals surface area contributed by atoms with Gasteiger partial charge in [0.15, 0.2) is 0 Å². The smallest absolute Gasteiger partial charge is 0.0540 e. The Kier molecular flexibility index (Phi) is 4.41. The van der Waals surface area contributed by atoms with Gasteiger partial charge in [0.25, 0.3) is 0 Å². The Labute approximate surface area is 86.1 Å². The van der Waals surface area contributed by atoms with E-state index in [0.29, 0.717) is 0 Å². The van der Waals surface area contributed by atoms with Crippen molar-refractivity contribution in [1.29, 1.82) is 0 Å². The summed E-state index contributed by atoms with van der Waals surface area (Å²) in [6, 6.07) is 8.31. The number of aliphatic hydroxyl groups excluding tert-OH is 1. The van der Waals surface area contributed by atoms with Gasteiger partial charge in [0, 0.05) is 0 Å². The summed E-state index contributed by atoms with van der Waals surface area (Å²) >= 11 is 0. The first-order valence-corrected chi connectivity index (χ1v) is 5.15. The van der Waals surface area contributed by atoms with Gasteiger partial charge in [-0.3, -0.25) is 0 Å². The van der Waals surface area contributed by atoms with Crippen LogP contribution in [0.15, 0.2) is 30.8 Å². The van der Waals surface area contributed by atoms with E-state index < -0.39 is 0 Å². The summed E-state index contributed by atoms with van der Waals surface area (Å²) < 4.78 is 0. The largest absolute Gasteiger partial charge is 0.393 e. The predicted octanol–water partition coefficient (Wildman–Crippen LogP) is 3.03. The molecular formula is C13H18O. The Morgan fingerprint density at radius 3 is 2.50 bits per heavy atom. The number of benzene rings is 1. The van der Waals surface area contributed by atoms with Gasteiger partial charge in [0.05, 0.1) is 6.10 Å². The molecule has 0 fully saturated rings. The van der Waals surface area contributed by atoms with Crippen LogP contribution in [0.25, 0.3) is 6.08 Å². The molecule has 1 aromatic rings. The molecule has 0 saturated heterocycles. The molecule has 0 amide bonds. The number of rotatable bonds is 5. The minimum absolute atomic E-state index is 0.158. The highest BCUT2D eigenvalue weighted by atomic mass is 16.3. The fourth-order valence-corrected chi connectivity index (χ4v) is 1.36. The number of hydrogen-bond donors (Lipinski definition) is 1. The molecule has 76 valence electrons. The highest BCUT2D eigenvalue weighted by molar-refractivity contribution is 5.47. The van der Waals surface area contributed by atoms with Crippen LogP contribution in [0, 0.1) is 0 Å². The third-order valence-corrected chi connectivity index (χ3v) is 2.45. The molecule has 0 aliphatic heterocycles. The molecule has 1 aromatic carbocycles. The van der Waals surface area contributed by atoms with Crippen LogP contribution in [0.1, 0.15) is 30.9 Å². The van der Waals surface area contributed by atoms with Crippen LogP contribution in [0.5, 0.6) is 0 Å². The number of aryl methyl sites for hydroxylation is 1. The minimum Gasteiger partial charge on any atom is -0.393 e. The summed E-state index contributed by atoms with van der Waals surface area (Å²) in [7, 11) is 0. The Morgan fingerprint density at radius 2 is 2.00 bits per heavy atom. The van der Waals surface area contributed by atoms with Gasteiger partial charge in [-0.25, -0.2) is 0 Å². The molecule has 0 radical (unpaired) electrons. The van der Waals surface area contributed by atoms with Gasteiger partial charge in [0.2, 0.25) is 0 Å². The van der Waals surface area contributed by atoms with Gasteiger partial charge in [-0.2, -0.15) is 0 Å². The van der Waals surface area contributed by atoms with E-state index in [-0.39, 0.29) is 6.10 Å². The Hall–Kier alpha value is -1.08. The molecule has 0 spiro atoms. The molecule has 0 aliphatic rings. The van der Waals surface area contributed by atoms with Crippen molar-refractivity contribution in [2.45, 2.75) is 32.3 Å². The Morgan fingerprint density at radius 1 is 1.36 bits per heavy atom. The van der Waals surface area contributed by atoms with Crippen molar-refractivity contribution in [2.24, 2.45) is 0 Å². The topological polar surface area (TPSA) is 20.2 Å². The molecule has 1 atom stereocenters. The summed E-state index contributed by atoms with van der Waals surface area (Å²) in [6.07, 6.45) is 4.32. The predicted molar refractivity (Wildman–Crippen MR) is 61.2 cm³/mol. The molecule has 1 nitrogen and oxygen atoms in total. The SMILES string of the molecule is C=Cc1ccc(CCC(O)CC)cc1. The van der Waals surface area contributed by atoms with E-state index in [1.165, 1.54) is 5.56 Å². The minimum atomic E-state index is -0.158. The van der Waals surface area contributed by atoms with Crippen molar-refractivity contribution in [3.63, 3.8) is 0 Å². The van der Waals surface area contributed by atoms with Gasteiger partial charge in [-0.1, -0.05) is 43.8 Å². The van der Waals surface area contributed by atoms with Gasteiger partial charge in [0.1, 0.15) is 0 Å². The van der Waals surface area contributed by atoms with Crippen molar-refractivity contribution >= 4 is 6.08 Å². The van der Waals surface area contributed by atoms with E-state index in [4.69, 9.17) is 0 Å². The van der Waals surface area contributed by atoms with Gasteiger partial charge in [-0.05, 0) is 30.4 Å². The van der Waals surface area contributed by atoms with Crippen LogP contribution in [0.3, 0.4) is 0 Å². The first-order chi connectivity index (χ1) is 6.76. The fourth-order valence-electron chi connectivity index (χ4n) is 1.36. The monoisotopic (exact) mass is 190 g/mol. The van der Waals surface area contributed by atoms with E-state index in [1.54, 1.807) is 0 Å². The van der Waals surface area contributed by atoms with Crippen LogP contribution in [0.2, 0.25) is 0 Å². The number of aliphatic hydroxyl groups is 1. The molecule has 14 heavy (non-hydrogen) atoms. The summed E-state index contributed by atoms with van der Waals surface area (Å²) in [5.41, 5.74) is 2.42. The molecule has 1 unspecified atom stereocenters.